The first-order valence-electron chi connectivity index (χ1n) is 7.70. The molecule has 1 fully saturated rings. The topological polar surface area (TPSA) is 73.1 Å². The molecule has 1 aliphatic rings. The highest BCUT2D eigenvalue weighted by atomic mass is 32.1. The molecule has 2 aromatic rings. The molecule has 0 amide bonds. The second-order valence-electron chi connectivity index (χ2n) is 5.60. The van der Waals surface area contributed by atoms with E-state index >= 15 is 0 Å². The third kappa shape index (κ3) is 3.27. The van der Waals surface area contributed by atoms with Crippen molar-refractivity contribution in [3.63, 3.8) is 0 Å². The van der Waals surface area contributed by atoms with Crippen LogP contribution in [0.3, 0.4) is 0 Å². The highest BCUT2D eigenvalue weighted by Crippen LogP contribution is 2.32. The summed E-state index contributed by atoms with van der Waals surface area (Å²) in [5.41, 5.74) is 2.53. The molecule has 5 nitrogen and oxygen atoms in total. The van der Waals surface area contributed by atoms with Crippen LogP contribution < -0.4 is 16.0 Å². The number of nitrogens with zero attached hydrogens (tertiary/aromatic N) is 2. The molecule has 3 rings (SSSR count). The smallest absolute Gasteiger partial charge is 0.241 e. The number of aromatic nitrogens is 2. The minimum Gasteiger partial charge on any atom is -0.477 e. The van der Waals surface area contributed by atoms with Crippen LogP contribution in [0.25, 0.3) is 10.2 Å². The van der Waals surface area contributed by atoms with Crippen LogP contribution in [0.2, 0.25) is 0 Å². The maximum Gasteiger partial charge on any atom is 0.241 e. The van der Waals surface area contributed by atoms with Crippen LogP contribution in [0.15, 0.2) is 6.07 Å². The summed E-state index contributed by atoms with van der Waals surface area (Å²) in [7, 11) is 0. The van der Waals surface area contributed by atoms with Crippen molar-refractivity contribution in [3.05, 3.63) is 10.9 Å². The van der Waals surface area contributed by atoms with Crippen molar-refractivity contribution < 1.29 is 4.74 Å². The Labute approximate surface area is 128 Å². The SMILES string of the molecule is CCc1cc2c(OCC3CCCCC3)nc(NN)nc2s1. The number of thiophene rings is 1. The zero-order valence-corrected chi connectivity index (χ0v) is 13.2. The molecule has 0 atom stereocenters. The molecule has 21 heavy (non-hydrogen) atoms. The van der Waals surface area contributed by atoms with Gasteiger partial charge in [0.15, 0.2) is 0 Å². The minimum absolute atomic E-state index is 0.422. The van der Waals surface area contributed by atoms with E-state index in [-0.39, 0.29) is 0 Å². The average molecular weight is 306 g/mol. The minimum atomic E-state index is 0.422. The van der Waals surface area contributed by atoms with Crippen molar-refractivity contribution in [2.45, 2.75) is 45.4 Å². The lowest BCUT2D eigenvalue weighted by molar-refractivity contribution is 0.205. The monoisotopic (exact) mass is 306 g/mol. The van der Waals surface area contributed by atoms with Gasteiger partial charge in [-0.3, -0.25) is 5.43 Å². The summed E-state index contributed by atoms with van der Waals surface area (Å²) in [4.78, 5) is 11.0. The van der Waals surface area contributed by atoms with Crippen molar-refractivity contribution in [1.82, 2.24) is 9.97 Å². The van der Waals surface area contributed by atoms with Gasteiger partial charge in [0.1, 0.15) is 4.83 Å². The molecule has 6 heteroatoms. The Morgan fingerprint density at radius 3 is 2.86 bits per heavy atom. The number of nitrogens with two attached hydrogens (primary N) is 1. The van der Waals surface area contributed by atoms with Crippen LogP contribution in [0, 0.1) is 5.92 Å². The quantitative estimate of drug-likeness (QED) is 0.653. The number of nitrogen functional groups attached to an aromatic ring is 1. The Morgan fingerprint density at radius 2 is 2.14 bits per heavy atom. The number of rotatable bonds is 5. The number of hydrogen-bond donors (Lipinski definition) is 2. The first-order valence-corrected chi connectivity index (χ1v) is 8.51. The third-order valence-electron chi connectivity index (χ3n) is 4.07. The van der Waals surface area contributed by atoms with E-state index in [9.17, 15) is 0 Å². The van der Waals surface area contributed by atoms with Crippen molar-refractivity contribution in [3.8, 4) is 5.88 Å². The van der Waals surface area contributed by atoms with E-state index in [1.54, 1.807) is 11.3 Å². The lowest BCUT2D eigenvalue weighted by atomic mass is 9.90. The number of ether oxygens (including phenoxy) is 1. The molecule has 1 aliphatic carbocycles. The highest BCUT2D eigenvalue weighted by molar-refractivity contribution is 7.18. The maximum absolute atomic E-state index is 6.02. The lowest BCUT2D eigenvalue weighted by Crippen LogP contribution is -2.16. The summed E-state index contributed by atoms with van der Waals surface area (Å²) in [5, 5.41) is 1.01. The zero-order chi connectivity index (χ0) is 14.7. The fourth-order valence-electron chi connectivity index (χ4n) is 2.84. The maximum atomic E-state index is 6.02. The highest BCUT2D eigenvalue weighted by Gasteiger charge is 2.17. The molecule has 0 aromatic carbocycles. The normalized spacial score (nSPS) is 16.3. The zero-order valence-electron chi connectivity index (χ0n) is 12.4. The number of fused-ring (bicyclic) bond motifs is 1. The number of hydrazine groups is 1. The second-order valence-corrected chi connectivity index (χ2v) is 6.71. The Balaban J connectivity index is 1.82. The van der Waals surface area contributed by atoms with Gasteiger partial charge in [0.25, 0.3) is 0 Å². The van der Waals surface area contributed by atoms with Gasteiger partial charge in [-0.05, 0) is 31.2 Å². The van der Waals surface area contributed by atoms with Crippen LogP contribution in [0.5, 0.6) is 5.88 Å². The van der Waals surface area contributed by atoms with Gasteiger partial charge in [-0.15, -0.1) is 11.3 Å². The Hall–Kier alpha value is -1.40. The molecule has 0 radical (unpaired) electrons. The van der Waals surface area contributed by atoms with Crippen LogP contribution in [0.1, 0.15) is 43.9 Å². The summed E-state index contributed by atoms with van der Waals surface area (Å²) in [6, 6.07) is 2.14. The number of anilines is 1. The number of nitrogens with one attached hydrogen (secondary N) is 1. The number of hydrogen-bond acceptors (Lipinski definition) is 6. The van der Waals surface area contributed by atoms with Crippen molar-refractivity contribution in [2.24, 2.45) is 11.8 Å². The van der Waals surface area contributed by atoms with Gasteiger partial charge >= 0.3 is 0 Å². The molecule has 0 spiro atoms. The summed E-state index contributed by atoms with van der Waals surface area (Å²) in [6.45, 7) is 2.89. The molecule has 114 valence electrons. The largest absolute Gasteiger partial charge is 0.477 e. The van der Waals surface area contributed by atoms with E-state index in [1.165, 1.54) is 37.0 Å². The molecule has 0 aliphatic heterocycles. The van der Waals surface area contributed by atoms with E-state index in [2.05, 4.69) is 28.4 Å². The van der Waals surface area contributed by atoms with E-state index in [4.69, 9.17) is 10.6 Å². The fraction of sp³-hybridized carbons (Fsp3) is 0.600. The fourth-order valence-corrected chi connectivity index (χ4v) is 3.80. The van der Waals surface area contributed by atoms with E-state index in [0.29, 0.717) is 17.7 Å². The van der Waals surface area contributed by atoms with Gasteiger partial charge in [-0.25, -0.2) is 10.8 Å². The van der Waals surface area contributed by atoms with Crippen LogP contribution in [-0.2, 0) is 6.42 Å². The molecule has 0 saturated heterocycles. The molecule has 0 bridgehead atoms. The molecule has 3 N–H and O–H groups in total. The third-order valence-corrected chi connectivity index (χ3v) is 5.24. The van der Waals surface area contributed by atoms with Gasteiger partial charge in [0, 0.05) is 4.88 Å². The first kappa shape index (κ1) is 14.5. The van der Waals surface area contributed by atoms with Gasteiger partial charge in [0.2, 0.25) is 11.8 Å². The van der Waals surface area contributed by atoms with E-state index < -0.39 is 0 Å². The Bertz CT molecular complexity index is 607. The van der Waals surface area contributed by atoms with Gasteiger partial charge in [0.05, 0.1) is 12.0 Å². The van der Waals surface area contributed by atoms with Gasteiger partial charge in [-0.1, -0.05) is 26.2 Å². The molecule has 2 heterocycles. The summed E-state index contributed by atoms with van der Waals surface area (Å²) in [6.07, 6.45) is 7.52. The van der Waals surface area contributed by atoms with Gasteiger partial charge in [-0.2, -0.15) is 4.98 Å². The predicted octanol–water partition coefficient (Wildman–Crippen LogP) is 3.50. The summed E-state index contributed by atoms with van der Waals surface area (Å²) < 4.78 is 6.02. The van der Waals surface area contributed by atoms with Crippen LogP contribution in [-0.4, -0.2) is 16.6 Å². The molecule has 0 unspecified atom stereocenters. The van der Waals surface area contributed by atoms with Crippen molar-refractivity contribution in [2.75, 3.05) is 12.0 Å². The lowest BCUT2D eigenvalue weighted by Gasteiger charge is -2.21. The van der Waals surface area contributed by atoms with E-state index in [1.807, 2.05) is 0 Å². The predicted molar refractivity (Wildman–Crippen MR) is 86.7 cm³/mol. The molecule has 1 saturated carbocycles. The Kier molecular flexibility index (Phi) is 4.55. The standard InChI is InChI=1S/C15H22N4OS/c1-2-11-8-12-13(17-15(19-16)18-14(12)21-11)20-9-10-6-4-3-5-7-10/h8,10H,2-7,9,16H2,1H3,(H,17,18,19). The van der Waals surface area contributed by atoms with Gasteiger partial charge < -0.3 is 4.74 Å². The van der Waals surface area contributed by atoms with Crippen molar-refractivity contribution in [1.29, 1.82) is 0 Å². The average Bonchev–Trinajstić information content (AvgIpc) is 2.96. The van der Waals surface area contributed by atoms with E-state index in [0.717, 1.165) is 23.2 Å². The van der Waals surface area contributed by atoms with Crippen LogP contribution >= 0.6 is 11.3 Å². The molecular formula is C15H22N4OS. The molecular weight excluding hydrogens is 284 g/mol. The summed E-state index contributed by atoms with van der Waals surface area (Å²) in [5.74, 6) is 7.20. The van der Waals surface area contributed by atoms with Crippen molar-refractivity contribution >= 4 is 27.5 Å². The first-order chi connectivity index (χ1) is 10.3. The summed E-state index contributed by atoms with van der Waals surface area (Å²) >= 11 is 1.68. The number of aryl methyl sites for hydroxylation is 1. The van der Waals surface area contributed by atoms with Crippen LogP contribution in [0.4, 0.5) is 5.95 Å². The second kappa shape index (κ2) is 6.58. The Morgan fingerprint density at radius 1 is 1.33 bits per heavy atom. The molecule has 2 aromatic heterocycles.